The number of aryl methyl sites for hydroxylation is 1. The molecule has 0 radical (unpaired) electrons. The second-order valence-corrected chi connectivity index (χ2v) is 15.3. The molecule has 59 heavy (non-hydrogen) atoms. The summed E-state index contributed by atoms with van der Waals surface area (Å²) in [5.41, 5.74) is 18.3. The molecule has 2 aliphatic rings. The fraction of sp³-hybridized carbons (Fsp3) is 0.127. The van der Waals surface area contributed by atoms with Gasteiger partial charge in [0.15, 0.2) is 0 Å². The number of anilines is 4. The molecule has 0 amide bonds. The van der Waals surface area contributed by atoms with Crippen molar-refractivity contribution in [3.05, 3.63) is 246 Å². The molecule has 0 fully saturated rings. The van der Waals surface area contributed by atoms with E-state index in [2.05, 4.69) is 198 Å². The van der Waals surface area contributed by atoms with Crippen molar-refractivity contribution in [3.63, 3.8) is 0 Å². The van der Waals surface area contributed by atoms with Crippen LogP contribution in [0.15, 0.2) is 229 Å². The number of nitrogen functional groups attached to an aromatic ring is 1. The highest BCUT2D eigenvalue weighted by Gasteiger charge is 2.28. The van der Waals surface area contributed by atoms with E-state index in [0.717, 1.165) is 51.6 Å². The van der Waals surface area contributed by atoms with Gasteiger partial charge < -0.3 is 15.6 Å². The number of allylic oxidation sites excluding steroid dienone is 15. The summed E-state index contributed by atoms with van der Waals surface area (Å²) in [5.74, 6) is 5.63. The van der Waals surface area contributed by atoms with Crippen molar-refractivity contribution in [2.45, 2.75) is 41.0 Å². The number of rotatable bonds is 11. The molecular weight excluding hydrogens is 717 g/mol. The molecule has 1 aliphatic heterocycles. The Balaban J connectivity index is 0.000000205. The normalized spacial score (nSPS) is 16.9. The van der Waals surface area contributed by atoms with E-state index in [4.69, 9.17) is 5.84 Å². The molecule has 0 spiro atoms. The number of nitrogens with zero attached hydrogens (tertiary/aromatic N) is 1. The zero-order valence-corrected chi connectivity index (χ0v) is 35.1. The average molecular weight is 773 g/mol. The van der Waals surface area contributed by atoms with E-state index in [1.165, 1.54) is 44.2 Å². The Morgan fingerprint density at radius 1 is 0.797 bits per heavy atom. The monoisotopic (exact) mass is 772 g/mol. The minimum atomic E-state index is 0.0157. The minimum absolute atomic E-state index is 0.0157. The van der Waals surface area contributed by atoms with Gasteiger partial charge in [0.05, 0.1) is 11.4 Å². The van der Waals surface area contributed by atoms with Crippen LogP contribution in [-0.4, -0.2) is 0 Å². The van der Waals surface area contributed by atoms with Crippen LogP contribution >= 0.6 is 0 Å². The third-order valence-electron chi connectivity index (χ3n) is 10.8. The molecule has 296 valence electrons. The molecule has 0 aromatic heterocycles. The zero-order chi connectivity index (χ0) is 41.9. The second-order valence-electron chi connectivity index (χ2n) is 15.3. The topological polar surface area (TPSA) is 53.3 Å². The molecule has 5 aromatic carbocycles. The van der Waals surface area contributed by atoms with Gasteiger partial charge in [-0.25, -0.2) is 0 Å². The lowest BCUT2D eigenvalue weighted by atomic mass is 9.86. The summed E-state index contributed by atoms with van der Waals surface area (Å²) in [5, 5.41) is 5.95. The molecular formula is C55H56N4. The first-order valence-electron chi connectivity index (χ1n) is 20.2. The maximum Gasteiger partial charge on any atom is 0.0540 e. The van der Waals surface area contributed by atoms with Crippen LogP contribution in [0.5, 0.6) is 0 Å². The summed E-state index contributed by atoms with van der Waals surface area (Å²) in [7, 11) is 0. The zero-order valence-electron chi connectivity index (χ0n) is 35.1. The van der Waals surface area contributed by atoms with Crippen LogP contribution in [0.25, 0.3) is 16.3 Å². The minimum Gasteiger partial charge on any atom is -0.355 e. The Labute approximate surface area is 351 Å². The van der Waals surface area contributed by atoms with E-state index in [0.29, 0.717) is 0 Å². The highest BCUT2D eigenvalue weighted by molar-refractivity contribution is 5.98. The lowest BCUT2D eigenvalue weighted by Gasteiger charge is -2.28. The predicted octanol–water partition coefficient (Wildman–Crippen LogP) is 14.4. The highest BCUT2D eigenvalue weighted by atomic mass is 15.2. The Bertz CT molecular complexity index is 2570. The first kappa shape index (κ1) is 41.7. The van der Waals surface area contributed by atoms with Crippen LogP contribution in [0.4, 0.5) is 22.7 Å². The third-order valence-corrected chi connectivity index (χ3v) is 10.8. The molecule has 5 aromatic rings. The molecule has 4 N–H and O–H groups in total. The van der Waals surface area contributed by atoms with Gasteiger partial charge >= 0.3 is 0 Å². The number of nitrogens with two attached hydrogens (primary N) is 1. The van der Waals surface area contributed by atoms with E-state index in [1.54, 1.807) is 0 Å². The number of nitrogens with one attached hydrogen (secondary N) is 2. The van der Waals surface area contributed by atoms with Gasteiger partial charge in [-0.3, -0.25) is 5.84 Å². The van der Waals surface area contributed by atoms with E-state index in [-0.39, 0.29) is 5.41 Å². The number of hydrogen-bond acceptors (Lipinski definition) is 4. The van der Waals surface area contributed by atoms with Crippen molar-refractivity contribution in [3.8, 4) is 0 Å². The predicted molar refractivity (Wildman–Crippen MR) is 257 cm³/mol. The molecule has 0 saturated carbocycles. The van der Waals surface area contributed by atoms with Gasteiger partial charge in [0.1, 0.15) is 0 Å². The van der Waals surface area contributed by atoms with Crippen molar-refractivity contribution >= 4 is 39.1 Å². The summed E-state index contributed by atoms with van der Waals surface area (Å²) >= 11 is 0. The van der Waals surface area contributed by atoms with Crippen molar-refractivity contribution in [2.24, 2.45) is 11.3 Å². The molecule has 1 heterocycles. The van der Waals surface area contributed by atoms with Gasteiger partial charge in [0.25, 0.3) is 0 Å². The van der Waals surface area contributed by atoms with Crippen LogP contribution in [0, 0.1) is 12.3 Å². The summed E-state index contributed by atoms with van der Waals surface area (Å²) in [4.78, 5) is 2.24. The molecule has 0 saturated heterocycles. The Morgan fingerprint density at radius 2 is 1.46 bits per heavy atom. The van der Waals surface area contributed by atoms with Crippen LogP contribution < -0.4 is 21.5 Å². The molecule has 7 rings (SSSR count). The molecule has 4 heteroatoms. The van der Waals surface area contributed by atoms with Crippen LogP contribution in [-0.2, 0) is 6.42 Å². The van der Waals surface area contributed by atoms with Gasteiger partial charge in [-0.05, 0) is 120 Å². The second kappa shape index (κ2) is 19.0. The van der Waals surface area contributed by atoms with Crippen LogP contribution in [0.2, 0.25) is 0 Å². The lowest BCUT2D eigenvalue weighted by Crippen LogP contribution is -2.14. The first-order valence-corrected chi connectivity index (χ1v) is 20.2. The van der Waals surface area contributed by atoms with E-state index in [9.17, 15) is 0 Å². The van der Waals surface area contributed by atoms with Crippen molar-refractivity contribution < 1.29 is 0 Å². The highest BCUT2D eigenvalue weighted by Crippen LogP contribution is 2.43. The third kappa shape index (κ3) is 9.64. The smallest absolute Gasteiger partial charge is 0.0540 e. The van der Waals surface area contributed by atoms with Crippen molar-refractivity contribution in [2.75, 3.05) is 15.6 Å². The molecule has 0 atom stereocenters. The fourth-order valence-electron chi connectivity index (χ4n) is 7.62. The maximum absolute atomic E-state index is 5.63. The summed E-state index contributed by atoms with van der Waals surface area (Å²) < 4.78 is 0. The Hall–Kier alpha value is -6.88. The molecule has 1 aliphatic carbocycles. The average Bonchev–Trinajstić information content (AvgIpc) is 3.50. The summed E-state index contributed by atoms with van der Waals surface area (Å²) in [6, 6.07) is 39.8. The van der Waals surface area contributed by atoms with E-state index in [1.807, 2.05) is 48.6 Å². The number of para-hydroxylation sites is 2. The van der Waals surface area contributed by atoms with E-state index >= 15 is 0 Å². The molecule has 0 bridgehead atoms. The van der Waals surface area contributed by atoms with Crippen molar-refractivity contribution in [1.82, 2.24) is 0 Å². The maximum atomic E-state index is 5.63. The quantitative estimate of drug-likeness (QED) is 0.0711. The largest absolute Gasteiger partial charge is 0.355 e. The Kier molecular flexibility index (Phi) is 13.5. The first-order chi connectivity index (χ1) is 28.6. The van der Waals surface area contributed by atoms with Gasteiger partial charge in [-0.1, -0.05) is 161 Å². The van der Waals surface area contributed by atoms with E-state index < -0.39 is 0 Å². The summed E-state index contributed by atoms with van der Waals surface area (Å²) in [6.45, 7) is 23.4. The van der Waals surface area contributed by atoms with Gasteiger partial charge in [-0.15, -0.1) is 0 Å². The van der Waals surface area contributed by atoms with Gasteiger partial charge in [0.2, 0.25) is 0 Å². The SMILES string of the molecule is C=C/C1=C(Nc2ccccc2)/C=C\N(c2ccc(C)cc2)c2cc3ccccc3cc2C1=C.C=CC1=C(/C=C\C)C(C)(C)C=C1/C=C\C(=C/C)Cc1ccccc1NN. The van der Waals surface area contributed by atoms with Crippen LogP contribution in [0.3, 0.4) is 0 Å². The van der Waals surface area contributed by atoms with Crippen molar-refractivity contribution in [1.29, 1.82) is 0 Å². The standard InChI is InChI=1S/C31H26N2.C24H30N2/c1-4-28-23(3)29-20-24-10-8-9-11-25(24)21-31(29)33(27-16-14-22(2)15-17-27)19-18-30(28)32-26-12-6-5-7-13-26;1-6-11-22-21(8-3)20(17-24(22,4)5)15-14-18(7-2)16-19-12-9-10-13-23(19)26-25/h4-21,32H,1,3H2,2H3;6-15,17,26H,3,16,25H2,1-2,4-5H3/b19-18-,30-28+;11-6-,15-14-,18-7+. The number of benzene rings is 5. The van der Waals surface area contributed by atoms with Crippen LogP contribution in [0.1, 0.15) is 44.4 Å². The molecule has 0 unspecified atom stereocenters. The fourth-order valence-corrected chi connectivity index (χ4v) is 7.62. The number of hydrazine groups is 1. The Morgan fingerprint density at radius 3 is 2.12 bits per heavy atom. The van der Waals surface area contributed by atoms with Gasteiger partial charge in [0, 0.05) is 39.8 Å². The number of hydrogen-bond donors (Lipinski definition) is 3. The molecule has 4 nitrogen and oxygen atoms in total. The number of fused-ring (bicyclic) bond motifs is 2. The lowest BCUT2D eigenvalue weighted by molar-refractivity contribution is 0.604. The summed E-state index contributed by atoms with van der Waals surface area (Å²) in [6.07, 6.45) is 22.0. The van der Waals surface area contributed by atoms with Gasteiger partial charge in [-0.2, -0.15) is 0 Å².